The van der Waals surface area contributed by atoms with Crippen molar-refractivity contribution in [3.63, 3.8) is 0 Å². The van der Waals surface area contributed by atoms with Gasteiger partial charge in [-0.05, 0) is 93.0 Å². The Morgan fingerprint density at radius 3 is 2.28 bits per heavy atom. The number of nitrogens with zero attached hydrogens (tertiary/aromatic N) is 4. The van der Waals surface area contributed by atoms with Gasteiger partial charge < -0.3 is 10.2 Å². The van der Waals surface area contributed by atoms with Crippen molar-refractivity contribution in [3.05, 3.63) is 71.3 Å². The third-order valence-corrected chi connectivity index (χ3v) is 7.23. The molecule has 0 fully saturated rings. The van der Waals surface area contributed by atoms with E-state index in [0.717, 1.165) is 16.6 Å². The number of likely N-dealkylation sites (N-methyl/N-ethyl adjacent to an activating group) is 1. The lowest BCUT2D eigenvalue weighted by molar-refractivity contribution is 0.412. The van der Waals surface area contributed by atoms with Crippen molar-refractivity contribution < 1.29 is 8.42 Å². The van der Waals surface area contributed by atoms with E-state index in [2.05, 4.69) is 63.3 Å². The Balaban J connectivity index is 0.00000361. The fraction of sp³-hybridized carbons (Fsp3) is 0.269. The van der Waals surface area contributed by atoms with Crippen molar-refractivity contribution in [3.8, 4) is 11.1 Å². The molecule has 8 nitrogen and oxygen atoms in total. The number of hydrogen-bond donors (Lipinski definition) is 2. The lowest BCUT2D eigenvalue weighted by Gasteiger charge is -2.13. The van der Waals surface area contributed by atoms with Gasteiger partial charge in [0.05, 0.1) is 10.4 Å². The Morgan fingerprint density at radius 1 is 0.889 bits per heavy atom. The Bertz CT molecular complexity index is 1470. The van der Waals surface area contributed by atoms with Gasteiger partial charge in [0.1, 0.15) is 5.52 Å². The zero-order valence-electron chi connectivity index (χ0n) is 21.0. The highest BCUT2D eigenvalue weighted by Gasteiger charge is 2.15. The summed E-state index contributed by atoms with van der Waals surface area (Å²) in [6.45, 7) is 7.15. The summed E-state index contributed by atoms with van der Waals surface area (Å²) in [4.78, 5) is 6.74. The molecular formula is C26H31ClN6O2S. The van der Waals surface area contributed by atoms with E-state index < -0.39 is 10.0 Å². The van der Waals surface area contributed by atoms with Gasteiger partial charge in [-0.2, -0.15) is 0 Å². The van der Waals surface area contributed by atoms with Crippen molar-refractivity contribution in [1.29, 1.82) is 0 Å². The zero-order valence-corrected chi connectivity index (χ0v) is 22.7. The van der Waals surface area contributed by atoms with E-state index in [1.165, 1.54) is 16.7 Å². The molecule has 1 heterocycles. The quantitative estimate of drug-likeness (QED) is 0.345. The predicted octanol–water partition coefficient (Wildman–Crippen LogP) is 4.62. The number of rotatable bonds is 8. The van der Waals surface area contributed by atoms with E-state index in [4.69, 9.17) is 0 Å². The highest BCUT2D eigenvalue weighted by Crippen LogP contribution is 2.31. The number of hydrogen-bond acceptors (Lipinski definition) is 7. The van der Waals surface area contributed by atoms with E-state index in [0.29, 0.717) is 30.2 Å². The van der Waals surface area contributed by atoms with Crippen LogP contribution in [-0.2, 0) is 10.0 Å². The molecule has 0 bridgehead atoms. The van der Waals surface area contributed by atoms with Crippen LogP contribution in [0, 0.1) is 20.8 Å². The first-order valence-corrected chi connectivity index (χ1v) is 12.9. The van der Waals surface area contributed by atoms with Crippen LogP contribution in [0.4, 0.5) is 11.6 Å². The van der Waals surface area contributed by atoms with Gasteiger partial charge in [0.25, 0.3) is 0 Å². The summed E-state index contributed by atoms with van der Waals surface area (Å²) in [5, 5.41) is 11.7. The van der Waals surface area contributed by atoms with E-state index in [-0.39, 0.29) is 17.3 Å². The largest absolute Gasteiger partial charge is 0.323 e. The molecule has 190 valence electrons. The summed E-state index contributed by atoms with van der Waals surface area (Å²) >= 11 is 0. The maximum absolute atomic E-state index is 12.6. The van der Waals surface area contributed by atoms with Crippen LogP contribution < -0.4 is 10.0 Å². The number of aromatic nitrogens is 3. The minimum Gasteiger partial charge on any atom is -0.323 e. The Kier molecular flexibility index (Phi) is 8.63. The molecule has 36 heavy (non-hydrogen) atoms. The van der Waals surface area contributed by atoms with Crippen LogP contribution >= 0.6 is 12.4 Å². The lowest BCUT2D eigenvalue weighted by Crippen LogP contribution is -2.31. The van der Waals surface area contributed by atoms with Gasteiger partial charge in [0, 0.05) is 18.8 Å². The van der Waals surface area contributed by atoms with Crippen molar-refractivity contribution >= 4 is 45.1 Å². The molecule has 0 spiro atoms. The van der Waals surface area contributed by atoms with Crippen LogP contribution in [0.25, 0.3) is 22.2 Å². The van der Waals surface area contributed by atoms with Crippen LogP contribution in [0.5, 0.6) is 0 Å². The third kappa shape index (κ3) is 6.17. The van der Waals surface area contributed by atoms with E-state index >= 15 is 0 Å². The topological polar surface area (TPSA) is 100 Å². The number of benzene rings is 3. The standard InChI is InChI=1S/C26H30N6O2S.ClH/c1-17-8-6-9-18(2)24(17)20-14-19(3)25-23(15-20)30-31-26(29-25)28-21-10-7-11-22(16-21)35(33,34)27-12-13-32(4)5;/h6-11,14-16,27H,12-13H2,1-5H3,(H,28,29,31);1H. The van der Waals surface area contributed by atoms with Crippen LogP contribution in [0.2, 0.25) is 0 Å². The fourth-order valence-electron chi connectivity index (χ4n) is 4.04. The average molecular weight is 527 g/mol. The van der Waals surface area contributed by atoms with Gasteiger partial charge in [-0.15, -0.1) is 22.6 Å². The summed E-state index contributed by atoms with van der Waals surface area (Å²) in [7, 11) is 0.160. The molecule has 4 aromatic rings. The molecule has 1 aromatic heterocycles. The van der Waals surface area contributed by atoms with Crippen molar-refractivity contribution in [2.24, 2.45) is 0 Å². The summed E-state index contributed by atoms with van der Waals surface area (Å²) in [5.74, 6) is 0.301. The van der Waals surface area contributed by atoms with Gasteiger partial charge in [-0.25, -0.2) is 18.1 Å². The first kappa shape index (κ1) is 27.5. The van der Waals surface area contributed by atoms with E-state index in [1.807, 2.05) is 32.0 Å². The molecular weight excluding hydrogens is 496 g/mol. The molecule has 0 aliphatic carbocycles. The summed E-state index contributed by atoms with van der Waals surface area (Å²) in [6.07, 6.45) is 0. The van der Waals surface area contributed by atoms with Gasteiger partial charge in [0.2, 0.25) is 16.0 Å². The molecule has 0 aliphatic rings. The van der Waals surface area contributed by atoms with Crippen LogP contribution in [-0.4, -0.2) is 55.7 Å². The second-order valence-corrected chi connectivity index (χ2v) is 10.7. The zero-order chi connectivity index (χ0) is 25.2. The number of aryl methyl sites for hydroxylation is 3. The maximum atomic E-state index is 12.6. The number of anilines is 2. The normalized spacial score (nSPS) is 11.5. The minimum atomic E-state index is -3.62. The Hall–Kier alpha value is -3.11. The second-order valence-electron chi connectivity index (χ2n) is 8.92. The SMILES string of the molecule is Cc1cccc(C)c1-c1cc(C)c2nc(Nc3cccc(S(=O)(=O)NCCN(C)C)c3)nnc2c1.Cl. The van der Waals surface area contributed by atoms with Gasteiger partial charge in [-0.3, -0.25) is 0 Å². The molecule has 0 radical (unpaired) electrons. The molecule has 4 rings (SSSR count). The van der Waals surface area contributed by atoms with Gasteiger partial charge in [0.15, 0.2) is 0 Å². The van der Waals surface area contributed by atoms with Crippen LogP contribution in [0.1, 0.15) is 16.7 Å². The smallest absolute Gasteiger partial charge is 0.247 e. The van der Waals surface area contributed by atoms with Crippen molar-refractivity contribution in [1.82, 2.24) is 24.8 Å². The first-order chi connectivity index (χ1) is 16.6. The molecule has 0 atom stereocenters. The summed E-state index contributed by atoms with van der Waals surface area (Å²) in [6, 6.07) is 16.9. The molecule has 2 N–H and O–H groups in total. The molecule has 10 heteroatoms. The van der Waals surface area contributed by atoms with Crippen molar-refractivity contribution in [2.75, 3.05) is 32.5 Å². The summed E-state index contributed by atoms with van der Waals surface area (Å²) < 4.78 is 27.9. The Morgan fingerprint density at radius 2 is 1.58 bits per heavy atom. The molecule has 0 unspecified atom stereocenters. The van der Waals surface area contributed by atoms with E-state index in [9.17, 15) is 8.42 Å². The van der Waals surface area contributed by atoms with Crippen molar-refractivity contribution in [2.45, 2.75) is 25.7 Å². The molecule has 0 saturated heterocycles. The number of nitrogens with one attached hydrogen (secondary N) is 2. The molecule has 3 aromatic carbocycles. The minimum absolute atomic E-state index is 0. The average Bonchev–Trinajstić information content (AvgIpc) is 2.79. The lowest BCUT2D eigenvalue weighted by atomic mass is 9.94. The number of sulfonamides is 1. The molecule has 0 saturated carbocycles. The van der Waals surface area contributed by atoms with Crippen LogP contribution in [0.3, 0.4) is 0 Å². The molecule has 0 amide bonds. The number of fused-ring (bicyclic) bond motifs is 1. The van der Waals surface area contributed by atoms with Gasteiger partial charge >= 0.3 is 0 Å². The fourth-order valence-corrected chi connectivity index (χ4v) is 5.10. The highest BCUT2D eigenvalue weighted by atomic mass is 35.5. The number of halogens is 1. The highest BCUT2D eigenvalue weighted by molar-refractivity contribution is 7.89. The third-order valence-electron chi connectivity index (χ3n) is 5.77. The summed E-state index contributed by atoms with van der Waals surface area (Å²) in [5.41, 5.74) is 7.68. The second kappa shape index (κ2) is 11.3. The monoisotopic (exact) mass is 526 g/mol. The van der Waals surface area contributed by atoms with Crippen LogP contribution in [0.15, 0.2) is 59.5 Å². The maximum Gasteiger partial charge on any atom is 0.247 e. The Labute approximate surface area is 218 Å². The predicted molar refractivity (Wildman–Crippen MR) is 148 cm³/mol. The van der Waals surface area contributed by atoms with E-state index in [1.54, 1.807) is 24.3 Å². The van der Waals surface area contributed by atoms with Gasteiger partial charge in [-0.1, -0.05) is 24.3 Å². The first-order valence-electron chi connectivity index (χ1n) is 11.4. The molecule has 0 aliphatic heterocycles.